The first-order valence-electron chi connectivity index (χ1n) is 12.3. The number of aldehydes is 1. The largest absolute Gasteiger partial charge is 0.443 e. The van der Waals surface area contributed by atoms with E-state index in [9.17, 15) is 14.4 Å². The second kappa shape index (κ2) is 10.7. The lowest BCUT2D eigenvalue weighted by Crippen LogP contribution is -2.56. The highest BCUT2D eigenvalue weighted by Crippen LogP contribution is 2.28. The standard InChI is InChI=1S/C26H38N4O5/c1-25(2,3)34-23(32)29-13-8-14-30(24(33)35-26(4,5)6)22(29)27-20-9-7-10-21(17-20)28-15-11-19(18-31)12-16-28/h7,9-10,17-19H,8,11-16H2,1-6H3. The molecule has 2 amide bonds. The third-order valence-corrected chi connectivity index (χ3v) is 5.63. The van der Waals surface area contributed by atoms with Crippen LogP contribution in [0.2, 0.25) is 0 Å². The van der Waals surface area contributed by atoms with Gasteiger partial charge in [0.2, 0.25) is 5.96 Å². The summed E-state index contributed by atoms with van der Waals surface area (Å²) in [5, 5.41) is 0. The first-order valence-corrected chi connectivity index (χ1v) is 12.3. The maximum atomic E-state index is 13.0. The number of nitrogens with zero attached hydrogens (tertiary/aromatic N) is 4. The van der Waals surface area contributed by atoms with Crippen molar-refractivity contribution in [3.05, 3.63) is 24.3 Å². The molecule has 2 fully saturated rings. The molecular formula is C26H38N4O5. The van der Waals surface area contributed by atoms with Crippen LogP contribution in [0.1, 0.15) is 60.8 Å². The zero-order valence-corrected chi connectivity index (χ0v) is 21.7. The van der Waals surface area contributed by atoms with Crippen LogP contribution in [0.5, 0.6) is 0 Å². The minimum atomic E-state index is -0.691. The molecule has 0 unspecified atom stereocenters. The monoisotopic (exact) mass is 486 g/mol. The lowest BCUT2D eigenvalue weighted by Gasteiger charge is -2.37. The van der Waals surface area contributed by atoms with Crippen LogP contribution >= 0.6 is 0 Å². The van der Waals surface area contributed by atoms with Gasteiger partial charge < -0.3 is 19.2 Å². The molecular weight excluding hydrogens is 448 g/mol. The van der Waals surface area contributed by atoms with Gasteiger partial charge in [0.05, 0.1) is 5.69 Å². The van der Waals surface area contributed by atoms with Gasteiger partial charge in [-0.25, -0.2) is 24.4 Å². The number of benzene rings is 1. The highest BCUT2D eigenvalue weighted by Gasteiger charge is 2.37. The second-order valence-electron chi connectivity index (χ2n) is 11.0. The number of rotatable bonds is 3. The molecule has 0 aliphatic carbocycles. The lowest BCUT2D eigenvalue weighted by atomic mass is 9.98. The molecule has 2 saturated heterocycles. The molecule has 35 heavy (non-hydrogen) atoms. The van der Waals surface area contributed by atoms with Crippen molar-refractivity contribution in [2.75, 3.05) is 31.1 Å². The van der Waals surface area contributed by atoms with E-state index >= 15 is 0 Å². The summed E-state index contributed by atoms with van der Waals surface area (Å²) in [6.45, 7) is 13.1. The van der Waals surface area contributed by atoms with Crippen LogP contribution in [-0.4, -0.2) is 71.6 Å². The molecule has 2 heterocycles. The van der Waals surface area contributed by atoms with Crippen LogP contribution in [0.15, 0.2) is 29.3 Å². The van der Waals surface area contributed by atoms with Crippen molar-refractivity contribution in [3.8, 4) is 0 Å². The minimum Gasteiger partial charge on any atom is -0.443 e. The Hall–Kier alpha value is -3.10. The number of hydrogen-bond donors (Lipinski definition) is 0. The Bertz CT molecular complexity index is 917. The highest BCUT2D eigenvalue weighted by molar-refractivity contribution is 6.03. The maximum Gasteiger partial charge on any atom is 0.417 e. The molecule has 0 bridgehead atoms. The molecule has 1 aromatic rings. The van der Waals surface area contributed by atoms with Gasteiger partial charge in [0, 0.05) is 37.8 Å². The Morgan fingerprint density at radius 1 is 0.914 bits per heavy atom. The van der Waals surface area contributed by atoms with Crippen LogP contribution < -0.4 is 4.90 Å². The number of aliphatic imine (C=N–C) groups is 1. The molecule has 9 heteroatoms. The summed E-state index contributed by atoms with van der Waals surface area (Å²) in [5.74, 6) is 0.304. The Kier molecular flexibility index (Phi) is 8.07. The van der Waals surface area contributed by atoms with Crippen molar-refractivity contribution in [2.24, 2.45) is 10.9 Å². The quantitative estimate of drug-likeness (QED) is 0.561. The number of anilines is 1. The predicted octanol–water partition coefficient (Wildman–Crippen LogP) is 4.97. The fourth-order valence-corrected chi connectivity index (χ4v) is 4.00. The molecule has 2 aliphatic rings. The van der Waals surface area contributed by atoms with E-state index < -0.39 is 23.4 Å². The molecule has 0 N–H and O–H groups in total. The van der Waals surface area contributed by atoms with E-state index in [0.717, 1.165) is 37.9 Å². The van der Waals surface area contributed by atoms with E-state index in [1.165, 1.54) is 9.80 Å². The van der Waals surface area contributed by atoms with Gasteiger partial charge in [-0.05, 0) is 79.0 Å². The number of carbonyl (C=O) groups is 3. The predicted molar refractivity (Wildman–Crippen MR) is 135 cm³/mol. The molecule has 1 aromatic carbocycles. The van der Waals surface area contributed by atoms with Crippen molar-refractivity contribution in [3.63, 3.8) is 0 Å². The second-order valence-corrected chi connectivity index (χ2v) is 11.0. The number of guanidine groups is 1. The van der Waals surface area contributed by atoms with Gasteiger partial charge in [-0.2, -0.15) is 0 Å². The summed E-state index contributed by atoms with van der Waals surface area (Å²) in [4.78, 5) is 47.0. The fraction of sp³-hybridized carbons (Fsp3) is 0.615. The normalized spacial score (nSPS) is 17.8. The molecule has 192 valence electrons. The van der Waals surface area contributed by atoms with Gasteiger partial charge >= 0.3 is 12.2 Å². The summed E-state index contributed by atoms with van der Waals surface area (Å²) < 4.78 is 11.2. The lowest BCUT2D eigenvalue weighted by molar-refractivity contribution is -0.111. The SMILES string of the molecule is CC(C)(C)OC(=O)N1CCCN(C(=O)OC(C)(C)C)C1=Nc1cccc(N2CCC(C=O)CC2)c1. The van der Waals surface area contributed by atoms with Gasteiger partial charge in [0.25, 0.3) is 0 Å². The molecule has 0 atom stereocenters. The maximum absolute atomic E-state index is 13.0. The molecule has 0 saturated carbocycles. The molecule has 3 rings (SSSR count). The smallest absolute Gasteiger partial charge is 0.417 e. The van der Waals surface area contributed by atoms with Gasteiger partial charge in [-0.15, -0.1) is 0 Å². The average molecular weight is 487 g/mol. The highest BCUT2D eigenvalue weighted by atomic mass is 16.6. The fourth-order valence-electron chi connectivity index (χ4n) is 4.00. The van der Waals surface area contributed by atoms with Gasteiger partial charge in [0.15, 0.2) is 0 Å². The average Bonchev–Trinajstić information content (AvgIpc) is 2.77. The summed E-state index contributed by atoms with van der Waals surface area (Å²) in [6, 6.07) is 7.68. The minimum absolute atomic E-state index is 0.113. The third-order valence-electron chi connectivity index (χ3n) is 5.63. The van der Waals surface area contributed by atoms with Gasteiger partial charge in [-0.3, -0.25) is 0 Å². The Balaban J connectivity index is 1.94. The first kappa shape index (κ1) is 26.5. The molecule has 0 spiro atoms. The molecule has 9 nitrogen and oxygen atoms in total. The van der Waals surface area contributed by atoms with E-state index in [4.69, 9.17) is 14.5 Å². The van der Waals surface area contributed by atoms with Crippen LogP contribution in [0.3, 0.4) is 0 Å². The zero-order valence-electron chi connectivity index (χ0n) is 21.7. The van der Waals surface area contributed by atoms with Crippen LogP contribution in [-0.2, 0) is 14.3 Å². The Labute approximate surface area is 208 Å². The molecule has 2 aliphatic heterocycles. The summed E-state index contributed by atoms with van der Waals surface area (Å²) in [5.41, 5.74) is 0.215. The van der Waals surface area contributed by atoms with E-state index in [1.54, 1.807) is 41.5 Å². The van der Waals surface area contributed by atoms with Crippen molar-refractivity contribution in [1.82, 2.24) is 9.80 Å². The number of carbonyl (C=O) groups excluding carboxylic acids is 3. The zero-order chi connectivity index (χ0) is 25.8. The van der Waals surface area contributed by atoms with E-state index in [-0.39, 0.29) is 11.9 Å². The number of piperidine rings is 1. The Morgan fingerprint density at radius 2 is 1.46 bits per heavy atom. The molecule has 0 radical (unpaired) electrons. The topological polar surface area (TPSA) is 91.8 Å². The summed E-state index contributed by atoms with van der Waals surface area (Å²) >= 11 is 0. The van der Waals surface area contributed by atoms with E-state index in [0.29, 0.717) is 25.2 Å². The van der Waals surface area contributed by atoms with Crippen molar-refractivity contribution in [2.45, 2.75) is 72.0 Å². The van der Waals surface area contributed by atoms with Crippen LogP contribution in [0.25, 0.3) is 0 Å². The molecule has 0 aromatic heterocycles. The van der Waals surface area contributed by atoms with Gasteiger partial charge in [-0.1, -0.05) is 6.07 Å². The van der Waals surface area contributed by atoms with Crippen LogP contribution in [0, 0.1) is 5.92 Å². The van der Waals surface area contributed by atoms with Crippen molar-refractivity contribution < 1.29 is 23.9 Å². The number of amides is 2. The summed E-state index contributed by atoms with van der Waals surface area (Å²) in [6.07, 6.45) is 2.14. The Morgan fingerprint density at radius 3 is 1.94 bits per heavy atom. The first-order chi connectivity index (χ1) is 16.4. The number of hydrogen-bond acceptors (Lipinski definition) is 7. The van der Waals surface area contributed by atoms with E-state index in [2.05, 4.69) is 4.90 Å². The number of ether oxygens (including phenoxy) is 2. The van der Waals surface area contributed by atoms with Crippen molar-refractivity contribution >= 4 is 35.8 Å². The third kappa shape index (κ3) is 7.44. The van der Waals surface area contributed by atoms with Crippen LogP contribution in [0.4, 0.5) is 21.0 Å². The van der Waals surface area contributed by atoms with Crippen molar-refractivity contribution in [1.29, 1.82) is 0 Å². The van der Waals surface area contributed by atoms with Gasteiger partial charge in [0.1, 0.15) is 17.5 Å². The van der Waals surface area contributed by atoms with E-state index in [1.807, 2.05) is 24.3 Å². The summed E-state index contributed by atoms with van der Waals surface area (Å²) in [7, 11) is 0.